The van der Waals surface area contributed by atoms with Crippen LogP contribution in [0.5, 0.6) is 5.75 Å². The molecule has 0 amide bonds. The fourth-order valence-electron chi connectivity index (χ4n) is 3.05. The molecule has 138 valence electrons. The highest BCUT2D eigenvalue weighted by atomic mass is 16.5. The van der Waals surface area contributed by atoms with E-state index in [9.17, 15) is 15.2 Å². The number of carbonyl (C=O) groups is 1. The largest absolute Gasteiger partial charge is 0.508 e. The molecule has 0 aromatic heterocycles. The van der Waals surface area contributed by atoms with Gasteiger partial charge in [-0.2, -0.15) is 5.26 Å². The SMILES string of the molecule is CCOC(=O)C1=C(C)OC(N)=C(C#N)C1c1ccc(C(C)(C)C)c(O)c1. The van der Waals surface area contributed by atoms with E-state index in [1.165, 1.54) is 0 Å². The lowest BCUT2D eigenvalue weighted by Crippen LogP contribution is -2.25. The fourth-order valence-corrected chi connectivity index (χ4v) is 3.05. The van der Waals surface area contributed by atoms with Crippen LogP contribution < -0.4 is 5.73 Å². The van der Waals surface area contributed by atoms with Crippen LogP contribution in [-0.4, -0.2) is 17.7 Å². The maximum absolute atomic E-state index is 12.5. The molecule has 6 nitrogen and oxygen atoms in total. The zero-order chi connectivity index (χ0) is 19.6. The highest BCUT2D eigenvalue weighted by Gasteiger charge is 2.36. The molecular weight excluding hydrogens is 332 g/mol. The van der Waals surface area contributed by atoms with Crippen molar-refractivity contribution in [3.63, 3.8) is 0 Å². The molecule has 0 saturated heterocycles. The van der Waals surface area contributed by atoms with Gasteiger partial charge in [0, 0.05) is 0 Å². The number of nitrogens with two attached hydrogens (primary N) is 1. The molecule has 1 aliphatic rings. The van der Waals surface area contributed by atoms with Crippen molar-refractivity contribution in [3.05, 3.63) is 52.1 Å². The summed E-state index contributed by atoms with van der Waals surface area (Å²) in [6.07, 6.45) is 0. The molecule has 1 unspecified atom stereocenters. The highest BCUT2D eigenvalue weighted by molar-refractivity contribution is 5.92. The van der Waals surface area contributed by atoms with Gasteiger partial charge in [-0.25, -0.2) is 4.79 Å². The predicted molar refractivity (Wildman–Crippen MR) is 96.8 cm³/mol. The first kappa shape index (κ1) is 19.4. The molecule has 2 rings (SSSR count). The van der Waals surface area contributed by atoms with Crippen LogP contribution in [0.4, 0.5) is 0 Å². The Morgan fingerprint density at radius 3 is 2.58 bits per heavy atom. The Balaban J connectivity index is 2.64. The maximum Gasteiger partial charge on any atom is 0.338 e. The van der Waals surface area contributed by atoms with E-state index >= 15 is 0 Å². The molecule has 1 heterocycles. The van der Waals surface area contributed by atoms with Gasteiger partial charge < -0.3 is 20.3 Å². The van der Waals surface area contributed by atoms with Crippen molar-refractivity contribution in [1.82, 2.24) is 0 Å². The van der Waals surface area contributed by atoms with Crippen molar-refractivity contribution in [2.75, 3.05) is 6.61 Å². The van der Waals surface area contributed by atoms with Gasteiger partial charge in [0.05, 0.1) is 18.1 Å². The summed E-state index contributed by atoms with van der Waals surface area (Å²) in [7, 11) is 0. The van der Waals surface area contributed by atoms with Crippen molar-refractivity contribution >= 4 is 5.97 Å². The van der Waals surface area contributed by atoms with Gasteiger partial charge in [0.15, 0.2) is 0 Å². The van der Waals surface area contributed by atoms with Gasteiger partial charge in [0.2, 0.25) is 5.88 Å². The molecule has 1 atom stereocenters. The molecule has 0 aliphatic carbocycles. The summed E-state index contributed by atoms with van der Waals surface area (Å²) in [6.45, 7) is 9.46. The highest BCUT2D eigenvalue weighted by Crippen LogP contribution is 2.42. The molecule has 1 aromatic rings. The first-order valence-corrected chi connectivity index (χ1v) is 8.40. The van der Waals surface area contributed by atoms with Gasteiger partial charge in [0.25, 0.3) is 0 Å². The lowest BCUT2D eigenvalue weighted by Gasteiger charge is -2.28. The monoisotopic (exact) mass is 356 g/mol. The van der Waals surface area contributed by atoms with Gasteiger partial charge >= 0.3 is 5.97 Å². The van der Waals surface area contributed by atoms with E-state index in [1.54, 1.807) is 32.0 Å². The van der Waals surface area contributed by atoms with Gasteiger partial charge in [-0.3, -0.25) is 0 Å². The van der Waals surface area contributed by atoms with Crippen LogP contribution in [0.1, 0.15) is 51.7 Å². The Labute approximate surface area is 153 Å². The number of nitriles is 1. The number of rotatable bonds is 3. The summed E-state index contributed by atoms with van der Waals surface area (Å²) in [5.74, 6) is -1.01. The third-order valence-corrected chi connectivity index (χ3v) is 4.26. The number of phenolic OH excluding ortho intramolecular Hbond substituents is 1. The standard InChI is InChI=1S/C20H24N2O4/c1-6-25-19(24)16-11(2)26-18(22)13(10-21)17(16)12-7-8-14(15(23)9-12)20(3,4)5/h7-9,17,23H,6,22H2,1-5H3. The Bertz CT molecular complexity index is 838. The summed E-state index contributed by atoms with van der Waals surface area (Å²) in [5.41, 5.74) is 7.28. The molecule has 0 saturated carbocycles. The van der Waals surface area contributed by atoms with E-state index in [0.717, 1.165) is 5.56 Å². The Morgan fingerprint density at radius 2 is 2.08 bits per heavy atom. The fraction of sp³-hybridized carbons (Fsp3) is 0.400. The molecular formula is C20H24N2O4. The molecule has 26 heavy (non-hydrogen) atoms. The van der Waals surface area contributed by atoms with Crippen LogP contribution in [-0.2, 0) is 19.7 Å². The molecule has 1 aliphatic heterocycles. The number of nitrogens with zero attached hydrogens (tertiary/aromatic N) is 1. The second-order valence-electron chi connectivity index (χ2n) is 7.14. The Hall–Kier alpha value is -2.94. The van der Waals surface area contributed by atoms with Gasteiger partial charge in [-0.15, -0.1) is 0 Å². The number of phenols is 1. The quantitative estimate of drug-likeness (QED) is 0.805. The second-order valence-corrected chi connectivity index (χ2v) is 7.14. The maximum atomic E-state index is 12.5. The average Bonchev–Trinajstić information content (AvgIpc) is 2.52. The van der Waals surface area contributed by atoms with Crippen LogP contribution in [0.25, 0.3) is 0 Å². The molecule has 0 bridgehead atoms. The van der Waals surface area contributed by atoms with Crippen molar-refractivity contribution in [2.45, 2.75) is 46.0 Å². The molecule has 3 N–H and O–H groups in total. The van der Waals surface area contributed by atoms with E-state index in [1.807, 2.05) is 26.8 Å². The van der Waals surface area contributed by atoms with Crippen LogP contribution in [0.3, 0.4) is 0 Å². The summed E-state index contributed by atoms with van der Waals surface area (Å²) < 4.78 is 10.5. The van der Waals surface area contributed by atoms with Gasteiger partial charge in [0.1, 0.15) is 23.2 Å². The number of hydrogen-bond acceptors (Lipinski definition) is 6. The van der Waals surface area contributed by atoms with Crippen LogP contribution in [0, 0.1) is 11.3 Å². The predicted octanol–water partition coefficient (Wildman–Crippen LogP) is 3.33. The number of ether oxygens (including phenoxy) is 2. The normalized spacial score (nSPS) is 17.6. The van der Waals surface area contributed by atoms with Crippen LogP contribution in [0.15, 0.2) is 41.0 Å². The lowest BCUT2D eigenvalue weighted by molar-refractivity contribution is -0.139. The Morgan fingerprint density at radius 1 is 1.42 bits per heavy atom. The van der Waals surface area contributed by atoms with E-state index in [-0.39, 0.29) is 40.6 Å². The van der Waals surface area contributed by atoms with Crippen molar-refractivity contribution in [3.8, 4) is 11.8 Å². The number of esters is 1. The molecule has 0 radical (unpaired) electrons. The zero-order valence-corrected chi connectivity index (χ0v) is 15.7. The molecule has 0 fully saturated rings. The molecule has 1 aromatic carbocycles. The Kier molecular flexibility index (Phi) is 5.31. The van der Waals surface area contributed by atoms with Crippen LogP contribution in [0.2, 0.25) is 0 Å². The topological polar surface area (TPSA) is 106 Å². The molecule has 0 spiro atoms. The zero-order valence-electron chi connectivity index (χ0n) is 15.7. The van der Waals surface area contributed by atoms with E-state index in [4.69, 9.17) is 15.2 Å². The summed E-state index contributed by atoms with van der Waals surface area (Å²) in [5, 5.41) is 20.0. The smallest absolute Gasteiger partial charge is 0.338 e. The third kappa shape index (κ3) is 3.52. The summed E-state index contributed by atoms with van der Waals surface area (Å²) in [4.78, 5) is 12.5. The number of allylic oxidation sites excluding steroid dienone is 2. The van der Waals surface area contributed by atoms with Crippen molar-refractivity contribution < 1.29 is 19.4 Å². The second kappa shape index (κ2) is 7.12. The number of benzene rings is 1. The van der Waals surface area contributed by atoms with E-state index in [2.05, 4.69) is 0 Å². The van der Waals surface area contributed by atoms with Crippen molar-refractivity contribution in [2.24, 2.45) is 5.73 Å². The third-order valence-electron chi connectivity index (χ3n) is 4.26. The number of carbonyl (C=O) groups excluding carboxylic acids is 1. The van der Waals surface area contributed by atoms with Crippen molar-refractivity contribution in [1.29, 1.82) is 5.26 Å². The minimum absolute atomic E-state index is 0.0533. The van der Waals surface area contributed by atoms with Crippen LogP contribution >= 0.6 is 0 Å². The summed E-state index contributed by atoms with van der Waals surface area (Å²) in [6, 6.07) is 7.16. The minimum Gasteiger partial charge on any atom is -0.508 e. The first-order chi connectivity index (χ1) is 12.1. The van der Waals surface area contributed by atoms with Gasteiger partial charge in [-0.05, 0) is 36.5 Å². The minimum atomic E-state index is -0.757. The molecule has 6 heteroatoms. The lowest BCUT2D eigenvalue weighted by atomic mass is 9.80. The average molecular weight is 356 g/mol. The summed E-state index contributed by atoms with van der Waals surface area (Å²) >= 11 is 0. The van der Waals surface area contributed by atoms with E-state index < -0.39 is 11.9 Å². The first-order valence-electron chi connectivity index (χ1n) is 8.40. The van der Waals surface area contributed by atoms with Gasteiger partial charge in [-0.1, -0.05) is 32.9 Å². The number of hydrogen-bond donors (Lipinski definition) is 2. The van der Waals surface area contributed by atoms with E-state index in [0.29, 0.717) is 5.56 Å². The number of aromatic hydroxyl groups is 1.